The van der Waals surface area contributed by atoms with Crippen molar-refractivity contribution in [3.8, 4) is 0 Å². The Kier molecular flexibility index (Phi) is 3.93. The zero-order chi connectivity index (χ0) is 15.0. The lowest BCUT2D eigenvalue weighted by molar-refractivity contribution is -0.135. The van der Waals surface area contributed by atoms with E-state index in [9.17, 15) is 13.6 Å². The second-order valence-corrected chi connectivity index (χ2v) is 5.85. The van der Waals surface area contributed by atoms with E-state index in [1.54, 1.807) is 0 Å². The molecule has 0 aliphatic heterocycles. The molecule has 1 aromatic rings. The van der Waals surface area contributed by atoms with Crippen molar-refractivity contribution < 1.29 is 18.7 Å². The summed E-state index contributed by atoms with van der Waals surface area (Å²) in [5.74, 6) is 0.0579. The van der Waals surface area contributed by atoms with E-state index in [0.29, 0.717) is 0 Å². The Bertz CT molecular complexity index is 535. The molecule has 3 unspecified atom stereocenters. The van der Waals surface area contributed by atoms with Gasteiger partial charge in [0.15, 0.2) is 0 Å². The number of nitrogens with zero attached hydrogens (tertiary/aromatic N) is 1. The Hall–Kier alpha value is -1.49. The van der Waals surface area contributed by atoms with Crippen LogP contribution in [-0.2, 0) is 11.2 Å². The van der Waals surface area contributed by atoms with E-state index in [1.807, 2.05) is 18.2 Å². The standard InChI is InChI=1S/C16H19F2NO2/c17-13(18)9-19(7-8-20)16(21)15-12-6-5-10-3-1-2-4-11(10)14(12)15/h1-4,12-15,20H,5-9H2. The third-order valence-corrected chi connectivity index (χ3v) is 4.65. The fraction of sp³-hybridized carbons (Fsp3) is 0.562. The number of aryl methyl sites for hydroxylation is 1. The van der Waals surface area contributed by atoms with Gasteiger partial charge in [0.1, 0.15) is 0 Å². The number of fused-ring (bicyclic) bond motifs is 3. The van der Waals surface area contributed by atoms with Crippen LogP contribution in [0.4, 0.5) is 8.78 Å². The number of hydrogen-bond acceptors (Lipinski definition) is 2. The molecule has 0 heterocycles. The fourth-order valence-electron chi connectivity index (χ4n) is 3.69. The van der Waals surface area contributed by atoms with Crippen LogP contribution in [0.15, 0.2) is 24.3 Å². The number of carbonyl (C=O) groups excluding carboxylic acids is 1. The quantitative estimate of drug-likeness (QED) is 0.903. The molecule has 21 heavy (non-hydrogen) atoms. The number of carbonyl (C=O) groups is 1. The topological polar surface area (TPSA) is 40.5 Å². The van der Waals surface area contributed by atoms with Gasteiger partial charge in [-0.1, -0.05) is 24.3 Å². The summed E-state index contributed by atoms with van der Waals surface area (Å²) in [6.07, 6.45) is -0.663. The lowest BCUT2D eigenvalue weighted by Gasteiger charge is -2.21. The van der Waals surface area contributed by atoms with Crippen molar-refractivity contribution in [2.45, 2.75) is 25.2 Å². The highest BCUT2D eigenvalue weighted by atomic mass is 19.3. The molecule has 5 heteroatoms. The highest BCUT2D eigenvalue weighted by Crippen LogP contribution is 2.60. The summed E-state index contributed by atoms with van der Waals surface area (Å²) in [6, 6.07) is 8.08. The Morgan fingerprint density at radius 1 is 1.38 bits per heavy atom. The zero-order valence-corrected chi connectivity index (χ0v) is 11.7. The van der Waals surface area contributed by atoms with Gasteiger partial charge in [-0.15, -0.1) is 0 Å². The summed E-state index contributed by atoms with van der Waals surface area (Å²) in [6.45, 7) is -0.880. The van der Waals surface area contributed by atoms with Gasteiger partial charge in [0.2, 0.25) is 5.91 Å². The summed E-state index contributed by atoms with van der Waals surface area (Å²) in [5.41, 5.74) is 2.48. The van der Waals surface area contributed by atoms with Crippen molar-refractivity contribution in [3.63, 3.8) is 0 Å². The fourth-order valence-corrected chi connectivity index (χ4v) is 3.69. The van der Waals surface area contributed by atoms with Crippen molar-refractivity contribution in [1.82, 2.24) is 4.90 Å². The van der Waals surface area contributed by atoms with Crippen LogP contribution in [-0.4, -0.2) is 42.0 Å². The van der Waals surface area contributed by atoms with Crippen LogP contribution >= 0.6 is 0 Å². The van der Waals surface area contributed by atoms with Crippen molar-refractivity contribution in [2.24, 2.45) is 11.8 Å². The van der Waals surface area contributed by atoms with Crippen LogP contribution in [0.3, 0.4) is 0 Å². The van der Waals surface area contributed by atoms with Crippen molar-refractivity contribution >= 4 is 5.91 Å². The van der Waals surface area contributed by atoms with Crippen LogP contribution in [0.25, 0.3) is 0 Å². The molecule has 0 bridgehead atoms. The molecule has 1 saturated carbocycles. The summed E-state index contributed by atoms with van der Waals surface area (Å²) < 4.78 is 25.2. The minimum absolute atomic E-state index is 0.0131. The number of halogens is 2. The van der Waals surface area contributed by atoms with E-state index in [0.717, 1.165) is 17.7 Å². The van der Waals surface area contributed by atoms with Crippen molar-refractivity contribution in [1.29, 1.82) is 0 Å². The van der Waals surface area contributed by atoms with Crippen molar-refractivity contribution in [3.05, 3.63) is 35.4 Å². The molecule has 0 radical (unpaired) electrons. The largest absolute Gasteiger partial charge is 0.395 e. The summed E-state index contributed by atoms with van der Waals surface area (Å²) >= 11 is 0. The molecule has 2 aliphatic carbocycles. The first-order valence-electron chi connectivity index (χ1n) is 7.39. The number of benzene rings is 1. The van der Waals surface area contributed by atoms with Gasteiger partial charge in [0, 0.05) is 12.5 Å². The molecular weight excluding hydrogens is 276 g/mol. The van der Waals surface area contributed by atoms with E-state index < -0.39 is 13.0 Å². The van der Waals surface area contributed by atoms with E-state index in [-0.39, 0.29) is 36.8 Å². The highest BCUT2D eigenvalue weighted by Gasteiger charge is 2.57. The van der Waals surface area contributed by atoms with Crippen LogP contribution in [0, 0.1) is 11.8 Å². The number of aliphatic hydroxyl groups is 1. The van der Waals surface area contributed by atoms with Crippen molar-refractivity contribution in [2.75, 3.05) is 19.7 Å². The molecule has 1 aromatic carbocycles. The van der Waals surface area contributed by atoms with Gasteiger partial charge in [-0.2, -0.15) is 0 Å². The minimum Gasteiger partial charge on any atom is -0.395 e. The number of amides is 1. The van der Waals surface area contributed by atoms with Gasteiger partial charge < -0.3 is 10.0 Å². The second-order valence-electron chi connectivity index (χ2n) is 5.85. The summed E-state index contributed by atoms with van der Waals surface area (Å²) in [7, 11) is 0. The van der Waals surface area contributed by atoms with Gasteiger partial charge >= 0.3 is 0 Å². The lowest BCUT2D eigenvalue weighted by atomic mass is 9.92. The summed E-state index contributed by atoms with van der Waals surface area (Å²) in [5, 5.41) is 8.98. The van der Waals surface area contributed by atoms with Gasteiger partial charge in [0.25, 0.3) is 6.43 Å². The smallest absolute Gasteiger partial charge is 0.255 e. The molecule has 1 fully saturated rings. The van der Waals surface area contributed by atoms with Gasteiger partial charge in [-0.3, -0.25) is 4.79 Å². The average Bonchev–Trinajstić information content (AvgIpc) is 3.20. The molecule has 0 aromatic heterocycles. The molecule has 114 valence electrons. The van der Waals surface area contributed by atoms with Gasteiger partial charge in [-0.05, 0) is 35.8 Å². The van der Waals surface area contributed by atoms with E-state index in [1.165, 1.54) is 11.1 Å². The molecule has 0 saturated heterocycles. The Labute approximate surface area is 122 Å². The maximum absolute atomic E-state index is 12.6. The van der Waals surface area contributed by atoms with Gasteiger partial charge in [0.05, 0.1) is 13.2 Å². The van der Waals surface area contributed by atoms with Gasteiger partial charge in [-0.25, -0.2) is 8.78 Å². The van der Waals surface area contributed by atoms with E-state index in [4.69, 9.17) is 5.11 Å². The number of hydrogen-bond donors (Lipinski definition) is 1. The number of alkyl halides is 2. The maximum Gasteiger partial charge on any atom is 0.255 e. The average molecular weight is 295 g/mol. The monoisotopic (exact) mass is 295 g/mol. The Balaban J connectivity index is 1.75. The molecule has 1 amide bonds. The molecule has 3 atom stereocenters. The SMILES string of the molecule is O=C(C1C2CCc3ccccc3C21)N(CCO)CC(F)F. The predicted octanol–water partition coefficient (Wildman–Crippen LogP) is 2.05. The molecular formula is C16H19F2NO2. The Morgan fingerprint density at radius 3 is 2.86 bits per heavy atom. The van der Waals surface area contributed by atoms with Crippen LogP contribution in [0.1, 0.15) is 23.5 Å². The minimum atomic E-state index is -2.56. The van der Waals surface area contributed by atoms with Crippen LogP contribution in [0.2, 0.25) is 0 Å². The number of aliphatic hydroxyl groups excluding tert-OH is 1. The maximum atomic E-state index is 12.6. The molecule has 3 nitrogen and oxygen atoms in total. The predicted molar refractivity (Wildman–Crippen MR) is 74.2 cm³/mol. The normalized spacial score (nSPS) is 26.2. The molecule has 0 spiro atoms. The first-order valence-corrected chi connectivity index (χ1v) is 7.39. The lowest BCUT2D eigenvalue weighted by Crippen LogP contribution is -2.38. The van der Waals surface area contributed by atoms with Crippen LogP contribution in [0.5, 0.6) is 0 Å². The summed E-state index contributed by atoms with van der Waals surface area (Å²) in [4.78, 5) is 13.6. The highest BCUT2D eigenvalue weighted by molar-refractivity contribution is 5.84. The van der Waals surface area contributed by atoms with Crippen LogP contribution < -0.4 is 0 Å². The first kappa shape index (κ1) is 14.4. The zero-order valence-electron chi connectivity index (χ0n) is 11.7. The third kappa shape index (κ3) is 2.67. The second kappa shape index (κ2) is 5.72. The molecule has 3 rings (SSSR count). The van der Waals surface area contributed by atoms with E-state index in [2.05, 4.69) is 6.07 Å². The molecule has 2 aliphatic rings. The third-order valence-electron chi connectivity index (χ3n) is 4.65. The number of rotatable bonds is 5. The Morgan fingerprint density at radius 2 is 2.14 bits per heavy atom. The van der Waals surface area contributed by atoms with E-state index >= 15 is 0 Å². The first-order chi connectivity index (χ1) is 10.1. The molecule has 1 N–H and O–H groups in total.